The lowest BCUT2D eigenvalue weighted by atomic mass is 9.95. The lowest BCUT2D eigenvalue weighted by Crippen LogP contribution is -2.20. The van der Waals surface area contributed by atoms with Crippen molar-refractivity contribution in [1.82, 2.24) is 14.8 Å². The molecule has 100 valence electrons. The van der Waals surface area contributed by atoms with E-state index in [0.717, 1.165) is 24.5 Å². The molecule has 1 aliphatic rings. The van der Waals surface area contributed by atoms with E-state index in [0.29, 0.717) is 12.6 Å². The van der Waals surface area contributed by atoms with Gasteiger partial charge in [0.05, 0.1) is 12.0 Å². The first-order chi connectivity index (χ1) is 9.19. The number of rotatable bonds is 4. The van der Waals surface area contributed by atoms with Crippen LogP contribution in [0.25, 0.3) is 0 Å². The van der Waals surface area contributed by atoms with Gasteiger partial charge in [-0.1, -0.05) is 30.3 Å². The van der Waals surface area contributed by atoms with Crippen LogP contribution in [-0.2, 0) is 12.0 Å². The Morgan fingerprint density at radius 1 is 1.21 bits per heavy atom. The zero-order valence-electron chi connectivity index (χ0n) is 11.5. The molecule has 2 aromatic rings. The van der Waals surface area contributed by atoms with E-state index in [1.54, 1.807) is 0 Å². The molecule has 0 aliphatic heterocycles. The van der Waals surface area contributed by atoms with Crippen LogP contribution in [0.1, 0.15) is 49.9 Å². The van der Waals surface area contributed by atoms with Crippen molar-refractivity contribution in [3.05, 3.63) is 47.5 Å². The fourth-order valence-corrected chi connectivity index (χ4v) is 2.86. The van der Waals surface area contributed by atoms with Gasteiger partial charge < -0.3 is 10.3 Å². The molecule has 1 aromatic heterocycles. The quantitative estimate of drug-likeness (QED) is 0.913. The van der Waals surface area contributed by atoms with Crippen LogP contribution in [0.2, 0.25) is 0 Å². The minimum atomic E-state index is 0.0615. The lowest BCUT2D eigenvalue weighted by molar-refractivity contribution is 0.523. The second kappa shape index (κ2) is 4.46. The predicted octanol–water partition coefficient (Wildman–Crippen LogP) is 2.40. The smallest absolute Gasteiger partial charge is 0.147 e. The molecule has 3 rings (SSSR count). The number of hydrogen-bond donors (Lipinski definition) is 1. The van der Waals surface area contributed by atoms with Crippen molar-refractivity contribution >= 4 is 0 Å². The molecule has 19 heavy (non-hydrogen) atoms. The van der Waals surface area contributed by atoms with Crippen molar-refractivity contribution in [2.24, 2.45) is 5.73 Å². The van der Waals surface area contributed by atoms with Crippen molar-refractivity contribution in [2.75, 3.05) is 0 Å². The molecule has 0 unspecified atom stereocenters. The summed E-state index contributed by atoms with van der Waals surface area (Å²) in [5.74, 6) is 1.96. The molecule has 1 saturated carbocycles. The maximum Gasteiger partial charge on any atom is 0.147 e. The lowest BCUT2D eigenvalue weighted by Gasteiger charge is -2.20. The molecule has 0 amide bonds. The molecule has 0 bridgehead atoms. The molecule has 1 aromatic carbocycles. The van der Waals surface area contributed by atoms with Crippen LogP contribution in [-0.4, -0.2) is 14.8 Å². The van der Waals surface area contributed by atoms with Crippen molar-refractivity contribution < 1.29 is 0 Å². The summed E-state index contributed by atoms with van der Waals surface area (Å²) < 4.78 is 2.21. The molecule has 0 saturated heterocycles. The van der Waals surface area contributed by atoms with Gasteiger partial charge in [0.1, 0.15) is 11.6 Å². The van der Waals surface area contributed by atoms with Crippen LogP contribution in [0.4, 0.5) is 0 Å². The average Bonchev–Trinajstić information content (AvgIpc) is 3.12. The van der Waals surface area contributed by atoms with Crippen molar-refractivity contribution in [1.29, 1.82) is 0 Å². The molecule has 4 nitrogen and oxygen atoms in total. The Morgan fingerprint density at radius 2 is 1.89 bits per heavy atom. The Balaban J connectivity index is 2.10. The summed E-state index contributed by atoms with van der Waals surface area (Å²) in [7, 11) is 0. The highest BCUT2D eigenvalue weighted by atomic mass is 15.3. The number of hydrogen-bond acceptors (Lipinski definition) is 3. The van der Waals surface area contributed by atoms with Gasteiger partial charge in [-0.25, -0.2) is 0 Å². The Kier molecular flexibility index (Phi) is 2.90. The minimum absolute atomic E-state index is 0.0615. The number of nitrogens with two attached hydrogens (primary N) is 1. The average molecular weight is 256 g/mol. The summed E-state index contributed by atoms with van der Waals surface area (Å²) in [6, 6.07) is 11.0. The summed E-state index contributed by atoms with van der Waals surface area (Å²) >= 11 is 0. The van der Waals surface area contributed by atoms with E-state index in [2.05, 4.69) is 58.9 Å². The summed E-state index contributed by atoms with van der Waals surface area (Å²) in [5.41, 5.74) is 7.18. The Morgan fingerprint density at radius 3 is 2.42 bits per heavy atom. The molecule has 0 radical (unpaired) electrons. The molecule has 1 fully saturated rings. The van der Waals surface area contributed by atoms with E-state index < -0.39 is 0 Å². The van der Waals surface area contributed by atoms with Crippen LogP contribution in [0.5, 0.6) is 0 Å². The van der Waals surface area contributed by atoms with E-state index in [1.807, 2.05) is 0 Å². The highest BCUT2D eigenvalue weighted by Gasteiger charge is 2.50. The Labute approximate surface area is 113 Å². The van der Waals surface area contributed by atoms with Crippen molar-refractivity contribution in [3.63, 3.8) is 0 Å². The third-order valence-electron chi connectivity index (χ3n) is 3.97. The van der Waals surface area contributed by atoms with Gasteiger partial charge in [0.25, 0.3) is 0 Å². The van der Waals surface area contributed by atoms with Crippen LogP contribution in [0.3, 0.4) is 0 Å². The van der Waals surface area contributed by atoms with E-state index in [1.165, 1.54) is 5.56 Å². The van der Waals surface area contributed by atoms with E-state index >= 15 is 0 Å². The molecule has 1 heterocycles. The predicted molar refractivity (Wildman–Crippen MR) is 74.8 cm³/mol. The topological polar surface area (TPSA) is 56.7 Å². The van der Waals surface area contributed by atoms with E-state index in [4.69, 9.17) is 5.73 Å². The monoisotopic (exact) mass is 256 g/mol. The van der Waals surface area contributed by atoms with Crippen molar-refractivity contribution in [3.8, 4) is 0 Å². The summed E-state index contributed by atoms with van der Waals surface area (Å²) in [6.45, 7) is 4.76. The SMILES string of the molecule is CC(C)n1c(CN)nnc1C1(c2ccccc2)CC1. The zero-order chi connectivity index (χ0) is 13.5. The van der Waals surface area contributed by atoms with Gasteiger partial charge >= 0.3 is 0 Å². The van der Waals surface area contributed by atoms with Gasteiger partial charge in [-0.3, -0.25) is 0 Å². The standard InChI is InChI=1S/C15H20N4/c1-11(2)19-13(10-16)17-18-14(19)15(8-9-15)12-6-4-3-5-7-12/h3-7,11H,8-10,16H2,1-2H3. The number of benzene rings is 1. The largest absolute Gasteiger partial charge is 0.324 e. The Hall–Kier alpha value is -1.68. The second-order valence-corrected chi connectivity index (χ2v) is 5.56. The molecule has 0 spiro atoms. The van der Waals surface area contributed by atoms with E-state index in [9.17, 15) is 0 Å². The molecular formula is C15H20N4. The maximum atomic E-state index is 5.78. The molecule has 2 N–H and O–H groups in total. The summed E-state index contributed by atoms with van der Waals surface area (Å²) in [6.07, 6.45) is 2.29. The minimum Gasteiger partial charge on any atom is -0.324 e. The fourth-order valence-electron chi connectivity index (χ4n) is 2.86. The molecule has 4 heteroatoms. The summed E-state index contributed by atoms with van der Waals surface area (Å²) in [4.78, 5) is 0. The molecule has 0 atom stereocenters. The van der Waals surface area contributed by atoms with Gasteiger partial charge in [0.2, 0.25) is 0 Å². The molecular weight excluding hydrogens is 236 g/mol. The highest BCUT2D eigenvalue weighted by molar-refractivity contribution is 5.39. The van der Waals surface area contributed by atoms with Gasteiger partial charge in [0.15, 0.2) is 0 Å². The first-order valence-corrected chi connectivity index (χ1v) is 6.89. The van der Waals surface area contributed by atoms with Gasteiger partial charge in [-0.2, -0.15) is 0 Å². The maximum absolute atomic E-state index is 5.78. The summed E-state index contributed by atoms with van der Waals surface area (Å²) in [5, 5.41) is 8.73. The second-order valence-electron chi connectivity index (χ2n) is 5.56. The van der Waals surface area contributed by atoms with Crippen molar-refractivity contribution in [2.45, 2.75) is 44.7 Å². The van der Waals surface area contributed by atoms with Gasteiger partial charge in [-0.05, 0) is 32.3 Å². The Bertz CT molecular complexity index is 567. The first-order valence-electron chi connectivity index (χ1n) is 6.89. The zero-order valence-corrected chi connectivity index (χ0v) is 11.5. The van der Waals surface area contributed by atoms with E-state index in [-0.39, 0.29) is 5.41 Å². The van der Waals surface area contributed by atoms with Crippen LogP contribution in [0.15, 0.2) is 30.3 Å². The number of nitrogens with zero attached hydrogens (tertiary/aromatic N) is 3. The van der Waals surface area contributed by atoms with Crippen LogP contribution >= 0.6 is 0 Å². The van der Waals surface area contributed by atoms with Gasteiger partial charge in [-0.15, -0.1) is 10.2 Å². The third-order valence-corrected chi connectivity index (χ3v) is 3.97. The normalized spacial score (nSPS) is 16.8. The first kappa shape index (κ1) is 12.4. The van der Waals surface area contributed by atoms with Crippen LogP contribution < -0.4 is 5.73 Å². The number of aromatic nitrogens is 3. The highest BCUT2D eigenvalue weighted by Crippen LogP contribution is 2.53. The molecule has 1 aliphatic carbocycles. The fraction of sp³-hybridized carbons (Fsp3) is 0.467. The van der Waals surface area contributed by atoms with Gasteiger partial charge in [0, 0.05) is 6.04 Å². The van der Waals surface area contributed by atoms with Crippen LogP contribution in [0, 0.1) is 0 Å². The third kappa shape index (κ3) is 1.87.